The van der Waals surface area contributed by atoms with Gasteiger partial charge in [0.15, 0.2) is 0 Å². The van der Waals surface area contributed by atoms with Gasteiger partial charge in [0.2, 0.25) is 5.91 Å². The molecule has 0 aliphatic carbocycles. The fourth-order valence-electron chi connectivity index (χ4n) is 2.54. The lowest BCUT2D eigenvalue weighted by Crippen LogP contribution is -2.54. The highest BCUT2D eigenvalue weighted by molar-refractivity contribution is 6.00. The van der Waals surface area contributed by atoms with Crippen molar-refractivity contribution in [2.75, 3.05) is 23.7 Å². The van der Waals surface area contributed by atoms with Crippen LogP contribution in [0.15, 0.2) is 30.5 Å². The standard InChI is InChI=1S/C14H16N4O/c1-9-14(19)17-7-8-18(9)12-5-4-11(15)13-10(12)3-2-6-16-13/h2-6,9H,7-8,15H2,1H3,(H,17,19). The molecule has 19 heavy (non-hydrogen) atoms. The minimum atomic E-state index is -0.180. The number of amides is 1. The lowest BCUT2D eigenvalue weighted by atomic mass is 10.1. The summed E-state index contributed by atoms with van der Waals surface area (Å²) in [4.78, 5) is 18.2. The summed E-state index contributed by atoms with van der Waals surface area (Å²) < 4.78 is 0. The van der Waals surface area contributed by atoms with E-state index in [4.69, 9.17) is 5.73 Å². The Morgan fingerprint density at radius 3 is 3.11 bits per heavy atom. The molecule has 1 fully saturated rings. The van der Waals surface area contributed by atoms with Crippen molar-refractivity contribution in [3.63, 3.8) is 0 Å². The number of carbonyl (C=O) groups is 1. The fourth-order valence-corrected chi connectivity index (χ4v) is 2.54. The normalized spacial score (nSPS) is 19.5. The van der Waals surface area contributed by atoms with E-state index in [0.29, 0.717) is 12.2 Å². The van der Waals surface area contributed by atoms with E-state index in [1.165, 1.54) is 0 Å². The third kappa shape index (κ3) is 1.87. The number of nitrogens with one attached hydrogen (secondary N) is 1. The molecule has 1 aromatic carbocycles. The van der Waals surface area contributed by atoms with Crippen LogP contribution in [0.2, 0.25) is 0 Å². The number of benzene rings is 1. The molecule has 5 nitrogen and oxygen atoms in total. The highest BCUT2D eigenvalue weighted by Crippen LogP contribution is 2.31. The SMILES string of the molecule is CC1C(=O)NCCN1c1ccc(N)c2ncccc12. The van der Waals surface area contributed by atoms with Crippen LogP contribution in [0.4, 0.5) is 11.4 Å². The molecule has 0 radical (unpaired) electrons. The second kappa shape index (κ2) is 4.42. The number of anilines is 2. The van der Waals surface area contributed by atoms with Crippen LogP contribution in [0.25, 0.3) is 10.9 Å². The number of hydrogen-bond acceptors (Lipinski definition) is 4. The Kier molecular flexibility index (Phi) is 2.74. The molecule has 1 aromatic heterocycles. The van der Waals surface area contributed by atoms with Gasteiger partial charge >= 0.3 is 0 Å². The Balaban J connectivity index is 2.15. The van der Waals surface area contributed by atoms with Crippen LogP contribution < -0.4 is 16.0 Å². The molecule has 1 amide bonds. The molecule has 1 aliphatic heterocycles. The largest absolute Gasteiger partial charge is 0.397 e. The summed E-state index contributed by atoms with van der Waals surface area (Å²) in [6, 6.07) is 7.52. The summed E-state index contributed by atoms with van der Waals surface area (Å²) in [7, 11) is 0. The molecule has 3 rings (SSSR count). The number of nitrogens with zero attached hydrogens (tertiary/aromatic N) is 2. The Morgan fingerprint density at radius 2 is 2.26 bits per heavy atom. The first kappa shape index (κ1) is 11.8. The van der Waals surface area contributed by atoms with Gasteiger partial charge in [-0.3, -0.25) is 9.78 Å². The van der Waals surface area contributed by atoms with Gasteiger partial charge in [0.25, 0.3) is 0 Å². The number of nitrogens with two attached hydrogens (primary N) is 1. The number of piperazine rings is 1. The second-order valence-electron chi connectivity index (χ2n) is 4.73. The first-order chi connectivity index (χ1) is 9.18. The molecule has 0 saturated carbocycles. The van der Waals surface area contributed by atoms with Gasteiger partial charge in [-0.2, -0.15) is 0 Å². The van der Waals surface area contributed by atoms with Crippen molar-refractivity contribution >= 4 is 28.2 Å². The van der Waals surface area contributed by atoms with Crippen molar-refractivity contribution in [3.05, 3.63) is 30.5 Å². The van der Waals surface area contributed by atoms with Crippen LogP contribution in [-0.4, -0.2) is 30.0 Å². The average Bonchev–Trinajstić information content (AvgIpc) is 2.43. The Hall–Kier alpha value is -2.30. The summed E-state index contributed by atoms with van der Waals surface area (Å²) in [5, 5.41) is 3.86. The van der Waals surface area contributed by atoms with Crippen LogP contribution in [0.3, 0.4) is 0 Å². The summed E-state index contributed by atoms with van der Waals surface area (Å²) >= 11 is 0. The Labute approximate surface area is 111 Å². The highest BCUT2D eigenvalue weighted by Gasteiger charge is 2.26. The van der Waals surface area contributed by atoms with Crippen LogP contribution in [0.1, 0.15) is 6.92 Å². The molecular formula is C14H16N4O. The zero-order valence-corrected chi connectivity index (χ0v) is 10.8. The predicted molar refractivity (Wildman–Crippen MR) is 76.0 cm³/mol. The molecule has 5 heteroatoms. The topological polar surface area (TPSA) is 71.2 Å². The van der Waals surface area contributed by atoms with Gasteiger partial charge in [-0.25, -0.2) is 0 Å². The number of aromatic nitrogens is 1. The van der Waals surface area contributed by atoms with E-state index in [1.807, 2.05) is 31.2 Å². The summed E-state index contributed by atoms with van der Waals surface area (Å²) in [6.07, 6.45) is 1.73. The maximum Gasteiger partial charge on any atom is 0.242 e. The number of fused-ring (bicyclic) bond motifs is 1. The molecule has 1 aliphatic rings. The smallest absolute Gasteiger partial charge is 0.242 e. The van der Waals surface area contributed by atoms with E-state index in [0.717, 1.165) is 23.1 Å². The minimum absolute atomic E-state index is 0.0557. The second-order valence-corrected chi connectivity index (χ2v) is 4.73. The van der Waals surface area contributed by atoms with E-state index < -0.39 is 0 Å². The number of rotatable bonds is 1. The maximum absolute atomic E-state index is 11.8. The molecule has 3 N–H and O–H groups in total. The number of nitrogen functional groups attached to an aromatic ring is 1. The van der Waals surface area contributed by atoms with E-state index in [-0.39, 0.29) is 11.9 Å². The van der Waals surface area contributed by atoms with E-state index in [2.05, 4.69) is 15.2 Å². The van der Waals surface area contributed by atoms with Crippen molar-refractivity contribution in [1.29, 1.82) is 0 Å². The van der Waals surface area contributed by atoms with Crippen molar-refractivity contribution in [3.8, 4) is 0 Å². The van der Waals surface area contributed by atoms with Gasteiger partial charge in [0, 0.05) is 30.4 Å². The molecule has 2 aromatic rings. The molecule has 1 saturated heterocycles. The monoisotopic (exact) mass is 256 g/mol. The van der Waals surface area contributed by atoms with Crippen LogP contribution >= 0.6 is 0 Å². The van der Waals surface area contributed by atoms with Gasteiger partial charge < -0.3 is 16.0 Å². The number of pyridine rings is 1. The van der Waals surface area contributed by atoms with Gasteiger partial charge in [0.05, 0.1) is 11.2 Å². The number of carbonyl (C=O) groups excluding carboxylic acids is 1. The van der Waals surface area contributed by atoms with Crippen molar-refractivity contribution in [1.82, 2.24) is 10.3 Å². The molecule has 1 unspecified atom stereocenters. The third-order valence-corrected chi connectivity index (χ3v) is 3.59. The van der Waals surface area contributed by atoms with Gasteiger partial charge in [0.1, 0.15) is 6.04 Å². The fraction of sp³-hybridized carbons (Fsp3) is 0.286. The van der Waals surface area contributed by atoms with Gasteiger partial charge in [-0.1, -0.05) is 0 Å². The Bertz CT molecular complexity index is 640. The van der Waals surface area contributed by atoms with Crippen LogP contribution in [0.5, 0.6) is 0 Å². The van der Waals surface area contributed by atoms with E-state index in [9.17, 15) is 4.79 Å². The van der Waals surface area contributed by atoms with Crippen molar-refractivity contribution in [2.45, 2.75) is 13.0 Å². The molecule has 2 heterocycles. The minimum Gasteiger partial charge on any atom is -0.397 e. The van der Waals surface area contributed by atoms with Gasteiger partial charge in [-0.15, -0.1) is 0 Å². The molecule has 1 atom stereocenters. The van der Waals surface area contributed by atoms with Crippen LogP contribution in [0, 0.1) is 0 Å². The number of hydrogen-bond donors (Lipinski definition) is 2. The molecular weight excluding hydrogens is 240 g/mol. The molecule has 0 bridgehead atoms. The first-order valence-corrected chi connectivity index (χ1v) is 6.36. The zero-order valence-electron chi connectivity index (χ0n) is 10.8. The molecule has 0 spiro atoms. The highest BCUT2D eigenvalue weighted by atomic mass is 16.2. The van der Waals surface area contributed by atoms with Crippen molar-refractivity contribution in [2.24, 2.45) is 0 Å². The van der Waals surface area contributed by atoms with Crippen LogP contribution in [-0.2, 0) is 4.79 Å². The lowest BCUT2D eigenvalue weighted by molar-refractivity contribution is -0.122. The quantitative estimate of drug-likeness (QED) is 0.751. The first-order valence-electron chi connectivity index (χ1n) is 6.36. The van der Waals surface area contributed by atoms with Crippen molar-refractivity contribution < 1.29 is 4.79 Å². The third-order valence-electron chi connectivity index (χ3n) is 3.59. The lowest BCUT2D eigenvalue weighted by Gasteiger charge is -2.35. The van der Waals surface area contributed by atoms with Gasteiger partial charge in [-0.05, 0) is 31.2 Å². The summed E-state index contributed by atoms with van der Waals surface area (Å²) in [5.41, 5.74) is 8.42. The predicted octanol–water partition coefficient (Wildman–Crippen LogP) is 1.14. The van der Waals surface area contributed by atoms with E-state index in [1.54, 1.807) is 6.20 Å². The Morgan fingerprint density at radius 1 is 1.42 bits per heavy atom. The van der Waals surface area contributed by atoms with E-state index >= 15 is 0 Å². The molecule has 98 valence electrons. The zero-order chi connectivity index (χ0) is 13.4. The summed E-state index contributed by atoms with van der Waals surface area (Å²) in [6.45, 7) is 3.36. The summed E-state index contributed by atoms with van der Waals surface area (Å²) in [5.74, 6) is 0.0557. The maximum atomic E-state index is 11.8. The average molecular weight is 256 g/mol.